The van der Waals surface area contributed by atoms with Crippen LogP contribution >= 0.6 is 0 Å². The molecule has 3 nitrogen and oxygen atoms in total. The van der Waals surface area contributed by atoms with Crippen molar-refractivity contribution in [2.24, 2.45) is 0 Å². The first kappa shape index (κ1) is 17.1. The average Bonchev–Trinajstić information content (AvgIpc) is 2.57. The van der Waals surface area contributed by atoms with E-state index in [1.54, 1.807) is 0 Å². The fourth-order valence-electron chi connectivity index (χ4n) is 2.34. The van der Waals surface area contributed by atoms with Crippen LogP contribution < -0.4 is 10.1 Å². The number of rotatable bonds is 9. The van der Waals surface area contributed by atoms with Gasteiger partial charge >= 0.3 is 0 Å². The van der Waals surface area contributed by atoms with E-state index in [-0.39, 0.29) is 5.91 Å². The summed E-state index contributed by atoms with van der Waals surface area (Å²) in [5, 5.41) is 2.91. The molecule has 23 heavy (non-hydrogen) atoms. The third-order valence-electron chi connectivity index (χ3n) is 3.61. The Morgan fingerprint density at radius 1 is 0.957 bits per heavy atom. The van der Waals surface area contributed by atoms with Crippen molar-refractivity contribution < 1.29 is 9.53 Å². The van der Waals surface area contributed by atoms with Crippen LogP contribution in [0.3, 0.4) is 0 Å². The predicted octanol–water partition coefficient (Wildman–Crippen LogP) is 4.83. The minimum absolute atomic E-state index is 0.00978. The van der Waals surface area contributed by atoms with E-state index in [1.165, 1.54) is 19.3 Å². The van der Waals surface area contributed by atoms with Crippen LogP contribution in [0.2, 0.25) is 0 Å². The summed E-state index contributed by atoms with van der Waals surface area (Å²) in [6, 6.07) is 17.3. The van der Waals surface area contributed by atoms with Gasteiger partial charge < -0.3 is 10.1 Å². The zero-order valence-electron chi connectivity index (χ0n) is 13.8. The molecule has 0 spiro atoms. The van der Waals surface area contributed by atoms with Crippen LogP contribution in [0.25, 0.3) is 0 Å². The molecule has 122 valence electrons. The van der Waals surface area contributed by atoms with Gasteiger partial charge in [-0.05, 0) is 36.2 Å². The molecule has 0 unspecified atom stereocenters. The average molecular weight is 311 g/mol. The van der Waals surface area contributed by atoms with Gasteiger partial charge in [-0.1, -0.05) is 56.5 Å². The molecular formula is C20H25NO2. The van der Waals surface area contributed by atoms with E-state index in [9.17, 15) is 4.79 Å². The van der Waals surface area contributed by atoms with Crippen LogP contribution in [0.15, 0.2) is 54.6 Å². The fourth-order valence-corrected chi connectivity index (χ4v) is 2.34. The molecule has 0 aliphatic rings. The highest BCUT2D eigenvalue weighted by Crippen LogP contribution is 2.16. The number of hydrogen-bond acceptors (Lipinski definition) is 2. The number of amides is 1. The van der Waals surface area contributed by atoms with Crippen LogP contribution in [0.4, 0.5) is 5.69 Å². The Labute approximate surface area is 138 Å². The summed E-state index contributed by atoms with van der Waals surface area (Å²) in [5.74, 6) is 0.840. The van der Waals surface area contributed by atoms with Gasteiger partial charge in [0, 0.05) is 5.69 Å². The Morgan fingerprint density at radius 2 is 1.70 bits per heavy atom. The standard InChI is InChI=1S/C20H25NO2/c1-2-3-4-8-15-23-19-13-11-18(12-14-19)21-20(22)16-17-9-6-5-7-10-17/h5-7,9-14H,2-4,8,15-16H2,1H3,(H,21,22). The van der Waals surface area contributed by atoms with Gasteiger partial charge in [-0.3, -0.25) is 4.79 Å². The van der Waals surface area contributed by atoms with Crippen molar-refractivity contribution in [1.29, 1.82) is 0 Å². The minimum atomic E-state index is -0.00978. The summed E-state index contributed by atoms with van der Waals surface area (Å²) in [7, 11) is 0. The molecule has 0 aromatic heterocycles. The van der Waals surface area contributed by atoms with Crippen LogP contribution in [0.1, 0.15) is 38.2 Å². The van der Waals surface area contributed by atoms with Gasteiger partial charge in [-0.25, -0.2) is 0 Å². The zero-order valence-corrected chi connectivity index (χ0v) is 13.8. The maximum absolute atomic E-state index is 12.0. The highest BCUT2D eigenvalue weighted by Gasteiger charge is 2.04. The van der Waals surface area contributed by atoms with Crippen LogP contribution in [0.5, 0.6) is 5.75 Å². The maximum Gasteiger partial charge on any atom is 0.228 e. The molecule has 2 rings (SSSR count). The Balaban J connectivity index is 1.75. The number of benzene rings is 2. The normalized spacial score (nSPS) is 10.3. The highest BCUT2D eigenvalue weighted by molar-refractivity contribution is 5.92. The second-order valence-electron chi connectivity index (χ2n) is 5.64. The van der Waals surface area contributed by atoms with Crippen molar-refractivity contribution in [1.82, 2.24) is 0 Å². The van der Waals surface area contributed by atoms with Crippen molar-refractivity contribution in [3.63, 3.8) is 0 Å². The van der Waals surface area contributed by atoms with E-state index in [1.807, 2.05) is 54.6 Å². The predicted molar refractivity (Wildman–Crippen MR) is 94.9 cm³/mol. The monoisotopic (exact) mass is 311 g/mol. The number of ether oxygens (including phenoxy) is 1. The van der Waals surface area contributed by atoms with Crippen LogP contribution in [-0.2, 0) is 11.2 Å². The van der Waals surface area contributed by atoms with Gasteiger partial charge in [0.15, 0.2) is 0 Å². The molecule has 0 bridgehead atoms. The molecule has 2 aromatic rings. The van der Waals surface area contributed by atoms with Crippen LogP contribution in [0, 0.1) is 0 Å². The number of nitrogens with one attached hydrogen (secondary N) is 1. The molecule has 0 heterocycles. The Kier molecular flexibility index (Phi) is 7.18. The van der Waals surface area contributed by atoms with E-state index < -0.39 is 0 Å². The van der Waals surface area contributed by atoms with Gasteiger partial charge in [0.05, 0.1) is 13.0 Å². The largest absolute Gasteiger partial charge is 0.494 e. The molecule has 0 saturated heterocycles. The first-order chi connectivity index (χ1) is 11.3. The quantitative estimate of drug-likeness (QED) is 0.674. The lowest BCUT2D eigenvalue weighted by Gasteiger charge is -2.08. The number of carbonyl (C=O) groups excluding carboxylic acids is 1. The summed E-state index contributed by atoms with van der Waals surface area (Å²) in [4.78, 5) is 12.0. The lowest BCUT2D eigenvalue weighted by molar-refractivity contribution is -0.115. The molecule has 3 heteroatoms. The number of carbonyl (C=O) groups is 1. The molecule has 0 aliphatic heterocycles. The molecule has 1 N–H and O–H groups in total. The number of hydrogen-bond donors (Lipinski definition) is 1. The molecule has 1 amide bonds. The highest BCUT2D eigenvalue weighted by atomic mass is 16.5. The lowest BCUT2D eigenvalue weighted by Crippen LogP contribution is -2.14. The van der Waals surface area contributed by atoms with Crippen molar-refractivity contribution in [2.45, 2.75) is 39.0 Å². The van der Waals surface area contributed by atoms with Gasteiger partial charge in [0.25, 0.3) is 0 Å². The minimum Gasteiger partial charge on any atom is -0.494 e. The molecule has 0 saturated carbocycles. The Hall–Kier alpha value is -2.29. The zero-order chi connectivity index (χ0) is 16.3. The molecule has 0 aliphatic carbocycles. The van der Waals surface area contributed by atoms with E-state index >= 15 is 0 Å². The van der Waals surface area contributed by atoms with Gasteiger partial charge in [-0.15, -0.1) is 0 Å². The van der Waals surface area contributed by atoms with Crippen molar-refractivity contribution in [3.8, 4) is 5.75 Å². The number of anilines is 1. The lowest BCUT2D eigenvalue weighted by atomic mass is 10.1. The second kappa shape index (κ2) is 9.67. The first-order valence-corrected chi connectivity index (χ1v) is 8.34. The molecule has 0 radical (unpaired) electrons. The van der Waals surface area contributed by atoms with Crippen molar-refractivity contribution >= 4 is 11.6 Å². The molecule has 2 aromatic carbocycles. The SMILES string of the molecule is CCCCCCOc1ccc(NC(=O)Cc2ccccc2)cc1. The molecule has 0 fully saturated rings. The van der Waals surface area contributed by atoms with Crippen molar-refractivity contribution in [2.75, 3.05) is 11.9 Å². The summed E-state index contributed by atoms with van der Waals surface area (Å²) in [5.41, 5.74) is 1.81. The smallest absolute Gasteiger partial charge is 0.228 e. The third kappa shape index (κ3) is 6.55. The third-order valence-corrected chi connectivity index (χ3v) is 3.61. The number of unbranched alkanes of at least 4 members (excludes halogenated alkanes) is 3. The fraction of sp³-hybridized carbons (Fsp3) is 0.350. The molecule has 0 atom stereocenters. The van der Waals surface area contributed by atoms with Gasteiger partial charge in [-0.2, -0.15) is 0 Å². The van der Waals surface area contributed by atoms with E-state index in [0.29, 0.717) is 6.42 Å². The topological polar surface area (TPSA) is 38.3 Å². The molecular weight excluding hydrogens is 286 g/mol. The van der Waals surface area contributed by atoms with Crippen molar-refractivity contribution in [3.05, 3.63) is 60.2 Å². The maximum atomic E-state index is 12.0. The van der Waals surface area contributed by atoms with E-state index in [2.05, 4.69) is 12.2 Å². The Morgan fingerprint density at radius 3 is 2.39 bits per heavy atom. The van der Waals surface area contributed by atoms with Crippen LogP contribution in [-0.4, -0.2) is 12.5 Å². The summed E-state index contributed by atoms with van der Waals surface area (Å²) < 4.78 is 5.70. The van der Waals surface area contributed by atoms with Gasteiger partial charge in [0.1, 0.15) is 5.75 Å². The second-order valence-corrected chi connectivity index (χ2v) is 5.64. The van der Waals surface area contributed by atoms with E-state index in [0.717, 1.165) is 30.0 Å². The summed E-state index contributed by atoms with van der Waals surface area (Å²) in [6.45, 7) is 2.95. The summed E-state index contributed by atoms with van der Waals surface area (Å²) in [6.07, 6.45) is 5.18. The first-order valence-electron chi connectivity index (χ1n) is 8.34. The van der Waals surface area contributed by atoms with Gasteiger partial charge in [0.2, 0.25) is 5.91 Å². The van der Waals surface area contributed by atoms with E-state index in [4.69, 9.17) is 4.74 Å². The Bertz CT molecular complexity index is 578. The summed E-state index contributed by atoms with van der Waals surface area (Å²) >= 11 is 0.